The molecule has 1 atom stereocenters. The molecule has 0 heterocycles. The summed E-state index contributed by atoms with van der Waals surface area (Å²) in [5.41, 5.74) is 7.31. The Hall–Kier alpha value is -0.350. The SMILES string of the molecule is CC(C)(C(N)C1=CCCCCCC1)S(C)(=O)=O. The van der Waals surface area contributed by atoms with E-state index >= 15 is 0 Å². The third-order valence-electron chi connectivity index (χ3n) is 3.93. The molecule has 0 amide bonds. The zero-order valence-corrected chi connectivity index (χ0v) is 12.0. The molecule has 1 unspecified atom stereocenters. The van der Waals surface area contributed by atoms with Gasteiger partial charge in [-0.1, -0.05) is 24.5 Å². The van der Waals surface area contributed by atoms with Gasteiger partial charge in [0.1, 0.15) is 0 Å². The van der Waals surface area contributed by atoms with E-state index < -0.39 is 14.6 Å². The van der Waals surface area contributed by atoms with Gasteiger partial charge >= 0.3 is 0 Å². The summed E-state index contributed by atoms with van der Waals surface area (Å²) in [7, 11) is -3.14. The zero-order valence-electron chi connectivity index (χ0n) is 11.2. The van der Waals surface area contributed by atoms with Crippen LogP contribution in [0.1, 0.15) is 52.4 Å². The van der Waals surface area contributed by atoms with Gasteiger partial charge in [0.15, 0.2) is 9.84 Å². The molecule has 0 aromatic carbocycles. The summed E-state index contributed by atoms with van der Waals surface area (Å²) < 4.78 is 22.7. The van der Waals surface area contributed by atoms with Crippen molar-refractivity contribution in [1.29, 1.82) is 0 Å². The van der Waals surface area contributed by atoms with Crippen LogP contribution in [0.15, 0.2) is 11.6 Å². The minimum absolute atomic E-state index is 0.379. The highest BCUT2D eigenvalue weighted by molar-refractivity contribution is 7.92. The fourth-order valence-corrected chi connectivity index (χ4v) is 2.79. The van der Waals surface area contributed by atoms with Crippen molar-refractivity contribution in [2.45, 2.75) is 63.2 Å². The highest BCUT2D eigenvalue weighted by Crippen LogP contribution is 2.28. The van der Waals surface area contributed by atoms with E-state index in [4.69, 9.17) is 5.73 Å². The van der Waals surface area contributed by atoms with Crippen LogP contribution in [0.4, 0.5) is 0 Å². The van der Waals surface area contributed by atoms with Crippen molar-refractivity contribution in [2.75, 3.05) is 6.26 Å². The van der Waals surface area contributed by atoms with E-state index in [-0.39, 0.29) is 6.04 Å². The van der Waals surface area contributed by atoms with Crippen LogP contribution < -0.4 is 5.73 Å². The van der Waals surface area contributed by atoms with E-state index in [1.165, 1.54) is 25.5 Å². The molecular weight excluding hydrogens is 234 g/mol. The molecule has 2 N–H and O–H groups in total. The maximum atomic E-state index is 11.8. The summed E-state index contributed by atoms with van der Waals surface area (Å²) >= 11 is 0. The predicted molar refractivity (Wildman–Crippen MR) is 72.7 cm³/mol. The van der Waals surface area contributed by atoms with Crippen molar-refractivity contribution >= 4 is 9.84 Å². The third-order valence-corrected chi connectivity index (χ3v) is 6.10. The van der Waals surface area contributed by atoms with E-state index in [9.17, 15) is 8.42 Å². The predicted octanol–water partition coefficient (Wildman–Crippen LogP) is 2.42. The van der Waals surface area contributed by atoms with Gasteiger partial charge in [-0.25, -0.2) is 8.42 Å². The summed E-state index contributed by atoms with van der Waals surface area (Å²) in [6.45, 7) is 3.46. The van der Waals surface area contributed by atoms with Crippen LogP contribution in [0.5, 0.6) is 0 Å². The number of hydrogen-bond acceptors (Lipinski definition) is 3. The maximum Gasteiger partial charge on any atom is 0.154 e. The van der Waals surface area contributed by atoms with Crippen molar-refractivity contribution in [3.05, 3.63) is 11.6 Å². The molecule has 3 nitrogen and oxygen atoms in total. The van der Waals surface area contributed by atoms with E-state index in [1.54, 1.807) is 13.8 Å². The Morgan fingerprint density at radius 3 is 2.41 bits per heavy atom. The van der Waals surface area contributed by atoms with Gasteiger partial charge in [-0.3, -0.25) is 0 Å². The molecule has 0 saturated carbocycles. The van der Waals surface area contributed by atoms with Crippen molar-refractivity contribution < 1.29 is 8.42 Å². The Morgan fingerprint density at radius 2 is 1.82 bits per heavy atom. The number of nitrogens with two attached hydrogens (primary N) is 1. The van der Waals surface area contributed by atoms with Crippen molar-refractivity contribution in [3.63, 3.8) is 0 Å². The van der Waals surface area contributed by atoms with Gasteiger partial charge in [-0.2, -0.15) is 0 Å². The van der Waals surface area contributed by atoms with E-state index in [0.717, 1.165) is 24.8 Å². The van der Waals surface area contributed by atoms with Gasteiger partial charge in [0, 0.05) is 12.3 Å². The normalized spacial score (nSPS) is 21.3. The minimum Gasteiger partial charge on any atom is -0.323 e. The van der Waals surface area contributed by atoms with Crippen LogP contribution >= 0.6 is 0 Å². The van der Waals surface area contributed by atoms with Gasteiger partial charge in [0.05, 0.1) is 4.75 Å². The Labute approximate surface area is 105 Å². The molecule has 17 heavy (non-hydrogen) atoms. The molecule has 0 aromatic heterocycles. The standard InChI is InChI=1S/C13H25NO2S/c1-13(2,17(3,15)16)12(14)11-9-7-5-4-6-8-10-11/h9,12H,4-8,10,14H2,1-3H3. The fourth-order valence-electron chi connectivity index (χ4n) is 2.18. The number of hydrogen-bond donors (Lipinski definition) is 1. The maximum absolute atomic E-state index is 11.8. The van der Waals surface area contributed by atoms with Crippen LogP contribution in [0.25, 0.3) is 0 Å². The van der Waals surface area contributed by atoms with Gasteiger partial charge in [-0.15, -0.1) is 0 Å². The Balaban J connectivity index is 2.91. The lowest BCUT2D eigenvalue weighted by Crippen LogP contribution is -2.49. The Morgan fingerprint density at radius 1 is 1.24 bits per heavy atom. The van der Waals surface area contributed by atoms with Crippen LogP contribution in [0.3, 0.4) is 0 Å². The number of allylic oxidation sites excluding steroid dienone is 1. The van der Waals surface area contributed by atoms with E-state index in [2.05, 4.69) is 6.08 Å². The molecule has 0 radical (unpaired) electrons. The molecule has 0 bridgehead atoms. The summed E-state index contributed by atoms with van der Waals surface area (Å²) in [4.78, 5) is 0. The topological polar surface area (TPSA) is 60.2 Å². The number of sulfone groups is 1. The van der Waals surface area contributed by atoms with E-state index in [1.807, 2.05) is 0 Å². The van der Waals surface area contributed by atoms with Crippen LogP contribution in [-0.2, 0) is 9.84 Å². The van der Waals surface area contributed by atoms with Crippen molar-refractivity contribution in [1.82, 2.24) is 0 Å². The zero-order chi connectivity index (χ0) is 13.1. The third kappa shape index (κ3) is 3.55. The summed E-state index contributed by atoms with van der Waals surface area (Å²) in [5.74, 6) is 0. The first-order chi connectivity index (χ1) is 7.77. The minimum atomic E-state index is -3.14. The van der Waals surface area contributed by atoms with Crippen LogP contribution in [-0.4, -0.2) is 25.5 Å². The summed E-state index contributed by atoms with van der Waals surface area (Å²) in [5, 5.41) is 0. The summed E-state index contributed by atoms with van der Waals surface area (Å²) in [6.07, 6.45) is 10.2. The lowest BCUT2D eigenvalue weighted by molar-refractivity contribution is 0.498. The molecule has 1 aliphatic rings. The van der Waals surface area contributed by atoms with Gasteiger partial charge in [0.25, 0.3) is 0 Å². The fraction of sp³-hybridized carbons (Fsp3) is 0.846. The van der Waals surface area contributed by atoms with Gasteiger partial charge in [-0.05, 0) is 39.5 Å². The van der Waals surface area contributed by atoms with E-state index in [0.29, 0.717) is 0 Å². The highest BCUT2D eigenvalue weighted by atomic mass is 32.2. The summed E-state index contributed by atoms with van der Waals surface area (Å²) in [6, 6.07) is -0.379. The largest absolute Gasteiger partial charge is 0.323 e. The van der Waals surface area contributed by atoms with Gasteiger partial charge in [0.2, 0.25) is 0 Å². The van der Waals surface area contributed by atoms with Gasteiger partial charge < -0.3 is 5.73 Å². The molecule has 4 heteroatoms. The molecule has 1 aliphatic carbocycles. The van der Waals surface area contributed by atoms with Crippen LogP contribution in [0.2, 0.25) is 0 Å². The first-order valence-electron chi connectivity index (χ1n) is 6.41. The van der Waals surface area contributed by atoms with Crippen molar-refractivity contribution in [3.8, 4) is 0 Å². The molecule has 0 aromatic rings. The Kier molecular flexibility index (Phi) is 4.78. The molecule has 0 spiro atoms. The average Bonchev–Trinajstić information content (AvgIpc) is 2.14. The highest BCUT2D eigenvalue weighted by Gasteiger charge is 2.38. The molecule has 0 saturated heterocycles. The smallest absolute Gasteiger partial charge is 0.154 e. The molecule has 1 rings (SSSR count). The average molecular weight is 259 g/mol. The van der Waals surface area contributed by atoms with Crippen LogP contribution in [0, 0.1) is 0 Å². The second-order valence-electron chi connectivity index (χ2n) is 5.59. The first-order valence-corrected chi connectivity index (χ1v) is 8.30. The molecule has 100 valence electrons. The lowest BCUT2D eigenvalue weighted by Gasteiger charge is -2.32. The quantitative estimate of drug-likeness (QED) is 0.792. The second-order valence-corrected chi connectivity index (χ2v) is 8.18. The van der Waals surface area contributed by atoms with Crippen molar-refractivity contribution in [2.24, 2.45) is 5.73 Å². The second kappa shape index (κ2) is 5.53. The Bertz CT molecular complexity index is 382. The first kappa shape index (κ1) is 14.7. The lowest BCUT2D eigenvalue weighted by atomic mass is 9.89. The molecule has 0 aliphatic heterocycles. The molecule has 0 fully saturated rings. The molecular formula is C13H25NO2S. The number of rotatable bonds is 3. The monoisotopic (exact) mass is 259 g/mol.